The summed E-state index contributed by atoms with van der Waals surface area (Å²) in [5.41, 5.74) is 11.0. The summed E-state index contributed by atoms with van der Waals surface area (Å²) >= 11 is 0. The van der Waals surface area contributed by atoms with E-state index < -0.39 is 0 Å². The quantitative estimate of drug-likeness (QED) is 0.742. The Morgan fingerprint density at radius 1 is 1.14 bits per heavy atom. The first-order valence-corrected chi connectivity index (χ1v) is 7.55. The minimum Gasteiger partial charge on any atom is -0.380 e. The molecule has 6 heteroatoms. The van der Waals surface area contributed by atoms with Crippen molar-refractivity contribution < 1.29 is 4.79 Å². The lowest BCUT2D eigenvalue weighted by Gasteiger charge is -2.22. The van der Waals surface area contributed by atoms with E-state index in [1.807, 2.05) is 18.2 Å². The van der Waals surface area contributed by atoms with Gasteiger partial charge in [-0.3, -0.25) is 15.1 Å². The van der Waals surface area contributed by atoms with Gasteiger partial charge >= 0.3 is 0 Å². The summed E-state index contributed by atoms with van der Waals surface area (Å²) in [5, 5.41) is 3.38. The number of hydrazine groups is 1. The number of hydrogen-bond donors (Lipinski definition) is 3. The molecule has 1 amide bonds. The van der Waals surface area contributed by atoms with E-state index in [4.69, 9.17) is 0 Å². The smallest absolute Gasteiger partial charge is 0.270 e. The van der Waals surface area contributed by atoms with Crippen LogP contribution in [0.15, 0.2) is 23.9 Å². The highest BCUT2D eigenvalue weighted by Gasteiger charge is 2.28. The van der Waals surface area contributed by atoms with Gasteiger partial charge < -0.3 is 15.6 Å². The monoisotopic (exact) mass is 301 g/mol. The minimum absolute atomic E-state index is 0.0796. The number of amides is 1. The molecule has 1 aromatic rings. The average Bonchev–Trinajstić information content (AvgIpc) is 2.87. The Kier molecular flexibility index (Phi) is 4.04. The maximum absolute atomic E-state index is 12.2. The molecule has 0 unspecified atom stereocenters. The Labute approximate surface area is 131 Å². The van der Waals surface area contributed by atoms with Gasteiger partial charge in [-0.15, -0.1) is 0 Å². The highest BCUT2D eigenvalue weighted by Crippen LogP contribution is 2.36. The molecule has 0 atom stereocenters. The van der Waals surface area contributed by atoms with Crippen LogP contribution in [0.5, 0.6) is 0 Å². The standard InChI is InChI=1S/C16H23N5O/c1-20(2)7-8-21(3)10-14-12-9-17-13-6-4-5-11(15(12)13)16(22)19-18-14/h4-6,17-18H,7-10H2,1-3H3,(H,19,22). The summed E-state index contributed by atoms with van der Waals surface area (Å²) in [6.45, 7) is 3.51. The van der Waals surface area contributed by atoms with E-state index in [9.17, 15) is 4.79 Å². The first-order valence-electron chi connectivity index (χ1n) is 7.55. The van der Waals surface area contributed by atoms with Crippen molar-refractivity contribution in [2.75, 3.05) is 52.6 Å². The molecule has 1 aromatic carbocycles. The third kappa shape index (κ3) is 2.80. The second-order valence-electron chi connectivity index (χ2n) is 6.16. The maximum Gasteiger partial charge on any atom is 0.270 e. The van der Waals surface area contributed by atoms with Gasteiger partial charge in [0.1, 0.15) is 0 Å². The lowest BCUT2D eigenvalue weighted by atomic mass is 9.99. The van der Waals surface area contributed by atoms with Crippen LogP contribution >= 0.6 is 0 Å². The van der Waals surface area contributed by atoms with E-state index in [-0.39, 0.29) is 5.91 Å². The van der Waals surface area contributed by atoms with Crippen molar-refractivity contribution in [1.29, 1.82) is 0 Å². The first-order chi connectivity index (χ1) is 10.6. The molecule has 0 radical (unpaired) electrons. The van der Waals surface area contributed by atoms with Crippen LogP contribution in [0.25, 0.3) is 5.57 Å². The highest BCUT2D eigenvalue weighted by atomic mass is 16.2. The van der Waals surface area contributed by atoms with Crippen LogP contribution in [0.1, 0.15) is 15.9 Å². The van der Waals surface area contributed by atoms with Gasteiger partial charge in [-0.05, 0) is 33.3 Å². The molecule has 0 spiro atoms. The van der Waals surface area contributed by atoms with E-state index in [2.05, 4.69) is 47.1 Å². The van der Waals surface area contributed by atoms with E-state index in [0.717, 1.165) is 48.7 Å². The summed E-state index contributed by atoms with van der Waals surface area (Å²) in [7, 11) is 6.24. The van der Waals surface area contributed by atoms with Crippen LogP contribution in [0.3, 0.4) is 0 Å². The molecule has 22 heavy (non-hydrogen) atoms. The number of hydrogen-bond acceptors (Lipinski definition) is 5. The van der Waals surface area contributed by atoms with E-state index in [1.54, 1.807) is 0 Å². The lowest BCUT2D eigenvalue weighted by Crippen LogP contribution is -2.40. The molecule has 0 bridgehead atoms. The number of rotatable bonds is 5. The molecule has 0 fully saturated rings. The van der Waals surface area contributed by atoms with Crippen molar-refractivity contribution in [2.45, 2.75) is 0 Å². The fourth-order valence-corrected chi connectivity index (χ4v) is 2.87. The summed E-state index contributed by atoms with van der Waals surface area (Å²) in [6, 6.07) is 5.82. The summed E-state index contributed by atoms with van der Waals surface area (Å²) in [4.78, 5) is 16.7. The topological polar surface area (TPSA) is 59.6 Å². The molecule has 3 rings (SSSR count). The van der Waals surface area contributed by atoms with Crippen LogP contribution in [0.2, 0.25) is 0 Å². The zero-order valence-corrected chi connectivity index (χ0v) is 13.4. The molecule has 2 aliphatic rings. The predicted octanol–water partition coefficient (Wildman–Crippen LogP) is 0.565. The number of nitrogens with zero attached hydrogens (tertiary/aromatic N) is 2. The Bertz CT molecular complexity index is 623. The van der Waals surface area contributed by atoms with E-state index >= 15 is 0 Å². The van der Waals surface area contributed by atoms with Gasteiger partial charge in [0.25, 0.3) is 5.91 Å². The molecular formula is C16H23N5O. The number of anilines is 1. The van der Waals surface area contributed by atoms with Gasteiger partial charge in [-0.1, -0.05) is 6.07 Å². The van der Waals surface area contributed by atoms with Crippen molar-refractivity contribution in [1.82, 2.24) is 20.7 Å². The lowest BCUT2D eigenvalue weighted by molar-refractivity contribution is 0.0939. The van der Waals surface area contributed by atoms with E-state index in [1.165, 1.54) is 5.57 Å². The Balaban J connectivity index is 1.87. The summed E-state index contributed by atoms with van der Waals surface area (Å²) < 4.78 is 0. The van der Waals surface area contributed by atoms with Crippen molar-refractivity contribution in [2.24, 2.45) is 0 Å². The second kappa shape index (κ2) is 5.98. The van der Waals surface area contributed by atoms with Gasteiger partial charge in [-0.2, -0.15) is 0 Å². The Hall–Kier alpha value is -2.05. The van der Waals surface area contributed by atoms with Gasteiger partial charge in [0.05, 0.1) is 11.3 Å². The van der Waals surface area contributed by atoms with Crippen LogP contribution in [-0.4, -0.2) is 63.0 Å². The largest absolute Gasteiger partial charge is 0.380 e. The fraction of sp³-hybridized carbons (Fsp3) is 0.438. The van der Waals surface area contributed by atoms with Crippen LogP contribution in [0.4, 0.5) is 5.69 Å². The first kappa shape index (κ1) is 14.9. The second-order valence-corrected chi connectivity index (χ2v) is 6.16. The molecule has 0 aliphatic carbocycles. The van der Waals surface area contributed by atoms with Crippen LogP contribution < -0.4 is 16.2 Å². The van der Waals surface area contributed by atoms with Crippen LogP contribution in [0, 0.1) is 0 Å². The summed E-state index contributed by atoms with van der Waals surface area (Å²) in [6.07, 6.45) is 0. The molecule has 0 aromatic heterocycles. The van der Waals surface area contributed by atoms with Crippen molar-refractivity contribution in [3.63, 3.8) is 0 Å². The number of benzene rings is 1. The normalized spacial score (nSPS) is 16.3. The van der Waals surface area contributed by atoms with Gasteiger partial charge in [0, 0.05) is 43.0 Å². The Morgan fingerprint density at radius 2 is 1.95 bits per heavy atom. The number of carbonyl (C=O) groups excluding carboxylic acids is 1. The number of nitrogens with one attached hydrogen (secondary N) is 3. The van der Waals surface area contributed by atoms with Crippen molar-refractivity contribution in [3.05, 3.63) is 35.0 Å². The molecule has 0 saturated heterocycles. The highest BCUT2D eigenvalue weighted by molar-refractivity contribution is 6.05. The molecule has 2 aliphatic heterocycles. The minimum atomic E-state index is -0.0796. The van der Waals surface area contributed by atoms with Gasteiger partial charge in [-0.25, -0.2) is 0 Å². The molecule has 6 nitrogen and oxygen atoms in total. The molecular weight excluding hydrogens is 278 g/mol. The van der Waals surface area contributed by atoms with E-state index in [0.29, 0.717) is 0 Å². The maximum atomic E-state index is 12.2. The Morgan fingerprint density at radius 3 is 2.73 bits per heavy atom. The average molecular weight is 301 g/mol. The fourth-order valence-electron chi connectivity index (χ4n) is 2.87. The van der Waals surface area contributed by atoms with Gasteiger partial charge in [0.15, 0.2) is 0 Å². The zero-order chi connectivity index (χ0) is 15.7. The van der Waals surface area contributed by atoms with Crippen LogP contribution in [-0.2, 0) is 0 Å². The third-order valence-electron chi connectivity index (χ3n) is 4.11. The zero-order valence-electron chi connectivity index (χ0n) is 13.4. The molecule has 118 valence electrons. The third-order valence-corrected chi connectivity index (χ3v) is 4.11. The van der Waals surface area contributed by atoms with Crippen molar-refractivity contribution >= 4 is 17.2 Å². The molecule has 3 N–H and O–H groups in total. The molecule has 2 heterocycles. The summed E-state index contributed by atoms with van der Waals surface area (Å²) in [5.74, 6) is -0.0796. The molecule has 0 saturated carbocycles. The predicted molar refractivity (Wildman–Crippen MR) is 88.5 cm³/mol. The van der Waals surface area contributed by atoms with Crippen molar-refractivity contribution in [3.8, 4) is 0 Å². The SMILES string of the molecule is CN(C)CCN(C)CC1=C2CNc3cccc(c32)C(=O)NN1. The van der Waals surface area contributed by atoms with Gasteiger partial charge in [0.2, 0.25) is 0 Å². The number of likely N-dealkylation sites (N-methyl/N-ethyl adjacent to an activating group) is 2. The number of carbonyl (C=O) groups is 1.